The van der Waals surface area contributed by atoms with E-state index in [9.17, 15) is 26.7 Å². The fourth-order valence-corrected chi connectivity index (χ4v) is 1.69. The third kappa shape index (κ3) is 4.02. The van der Waals surface area contributed by atoms with Crippen LogP contribution in [0, 0.1) is 0 Å². The first-order valence-electron chi connectivity index (χ1n) is 5.79. The topological polar surface area (TPSA) is 48.4 Å². The van der Waals surface area contributed by atoms with Gasteiger partial charge in [-0.3, -0.25) is 9.78 Å². The van der Waals surface area contributed by atoms with Gasteiger partial charge in [-0.2, -0.15) is 13.2 Å². The number of methoxy groups -OCH3 is 1. The third-order valence-electron chi connectivity index (χ3n) is 2.49. The summed E-state index contributed by atoms with van der Waals surface area (Å²) in [6.07, 6.45) is -8.73. The number of alkyl halides is 5. The summed E-state index contributed by atoms with van der Waals surface area (Å²) in [5.74, 6) is -1.56. The molecule has 0 aliphatic carbocycles. The van der Waals surface area contributed by atoms with Gasteiger partial charge in [0.15, 0.2) is 0 Å². The molecule has 0 amide bonds. The minimum absolute atomic E-state index is 0.0451. The van der Waals surface area contributed by atoms with Crippen molar-refractivity contribution < 1.29 is 36.2 Å². The van der Waals surface area contributed by atoms with Crippen molar-refractivity contribution in [1.82, 2.24) is 4.98 Å². The Morgan fingerprint density at radius 1 is 1.38 bits per heavy atom. The largest absolute Gasteiger partial charge is 0.494 e. The molecule has 0 aliphatic rings. The highest BCUT2D eigenvalue weighted by Gasteiger charge is 2.39. The number of carbonyl (C=O) groups is 1. The van der Waals surface area contributed by atoms with Crippen LogP contribution in [0.3, 0.4) is 0 Å². The van der Waals surface area contributed by atoms with Gasteiger partial charge in [-0.25, -0.2) is 8.78 Å². The Morgan fingerprint density at radius 3 is 2.43 bits per heavy atom. The SMILES string of the molecule is CCOC(=O)Cc1ncc(C(F)(F)F)c(C(F)F)c1OC. The molecule has 21 heavy (non-hydrogen) atoms. The van der Waals surface area contributed by atoms with Crippen LogP contribution in [0.15, 0.2) is 6.20 Å². The van der Waals surface area contributed by atoms with Gasteiger partial charge in [0, 0.05) is 6.20 Å². The van der Waals surface area contributed by atoms with E-state index in [2.05, 4.69) is 14.5 Å². The molecular formula is C12H12F5NO3. The molecular weight excluding hydrogens is 301 g/mol. The summed E-state index contributed by atoms with van der Waals surface area (Å²) in [7, 11) is 0.928. The Kier molecular flexibility index (Phi) is 5.45. The van der Waals surface area contributed by atoms with E-state index in [-0.39, 0.29) is 18.5 Å². The number of ether oxygens (including phenoxy) is 2. The highest BCUT2D eigenvalue weighted by molar-refractivity contribution is 5.73. The molecule has 0 saturated heterocycles. The predicted octanol–water partition coefficient (Wildman–Crippen LogP) is 3.15. The third-order valence-corrected chi connectivity index (χ3v) is 2.49. The molecule has 0 fully saturated rings. The Morgan fingerprint density at radius 2 is 2.00 bits per heavy atom. The van der Waals surface area contributed by atoms with E-state index in [0.29, 0.717) is 0 Å². The number of halogens is 5. The molecule has 0 N–H and O–H groups in total. The van der Waals surface area contributed by atoms with Gasteiger partial charge in [-0.1, -0.05) is 0 Å². The fourth-order valence-electron chi connectivity index (χ4n) is 1.69. The van der Waals surface area contributed by atoms with E-state index in [1.165, 1.54) is 6.92 Å². The molecule has 118 valence electrons. The van der Waals surface area contributed by atoms with Gasteiger partial charge in [0.25, 0.3) is 6.43 Å². The number of nitrogens with zero attached hydrogens (tertiary/aromatic N) is 1. The molecule has 0 atom stereocenters. The average Bonchev–Trinajstić information content (AvgIpc) is 2.36. The maximum Gasteiger partial charge on any atom is 0.418 e. The first kappa shape index (κ1) is 17.1. The molecule has 1 aromatic rings. The average molecular weight is 313 g/mol. The zero-order valence-electron chi connectivity index (χ0n) is 11.1. The van der Waals surface area contributed by atoms with Crippen LogP contribution in [0.4, 0.5) is 22.0 Å². The highest BCUT2D eigenvalue weighted by Crippen LogP contribution is 2.41. The van der Waals surface area contributed by atoms with E-state index in [0.717, 1.165) is 7.11 Å². The van der Waals surface area contributed by atoms with E-state index in [1.54, 1.807) is 0 Å². The Hall–Kier alpha value is -1.93. The Labute approximate surface area is 116 Å². The molecule has 0 aliphatic heterocycles. The number of carbonyl (C=O) groups excluding carboxylic acids is 1. The van der Waals surface area contributed by atoms with Crippen LogP contribution in [0.25, 0.3) is 0 Å². The van der Waals surface area contributed by atoms with Gasteiger partial charge in [-0.05, 0) is 6.92 Å². The van der Waals surface area contributed by atoms with Crippen LogP contribution in [-0.2, 0) is 22.1 Å². The lowest BCUT2D eigenvalue weighted by Crippen LogP contribution is -2.16. The molecule has 1 heterocycles. The number of esters is 1. The lowest BCUT2D eigenvalue weighted by atomic mass is 10.1. The zero-order chi connectivity index (χ0) is 16.2. The molecule has 9 heteroatoms. The van der Waals surface area contributed by atoms with Crippen molar-refractivity contribution >= 4 is 5.97 Å². The quantitative estimate of drug-likeness (QED) is 0.619. The second-order valence-corrected chi connectivity index (χ2v) is 3.85. The van der Waals surface area contributed by atoms with Gasteiger partial charge >= 0.3 is 12.1 Å². The summed E-state index contributed by atoms with van der Waals surface area (Å²) in [6.45, 7) is 1.57. The summed E-state index contributed by atoms with van der Waals surface area (Å²) in [6, 6.07) is 0. The monoisotopic (exact) mass is 313 g/mol. The minimum Gasteiger partial charge on any atom is -0.494 e. The Balaban J connectivity index is 3.37. The van der Waals surface area contributed by atoms with E-state index in [1.807, 2.05) is 0 Å². The number of rotatable bonds is 5. The van der Waals surface area contributed by atoms with Gasteiger partial charge in [0.1, 0.15) is 5.75 Å². The molecule has 1 aromatic heterocycles. The lowest BCUT2D eigenvalue weighted by molar-refractivity contribution is -0.142. The second-order valence-electron chi connectivity index (χ2n) is 3.85. The van der Waals surface area contributed by atoms with Crippen molar-refractivity contribution in [3.63, 3.8) is 0 Å². The van der Waals surface area contributed by atoms with Crippen molar-refractivity contribution in [1.29, 1.82) is 0 Å². The van der Waals surface area contributed by atoms with Gasteiger partial charge in [0.2, 0.25) is 0 Å². The lowest BCUT2D eigenvalue weighted by Gasteiger charge is -2.17. The molecule has 0 aromatic carbocycles. The van der Waals surface area contributed by atoms with Crippen LogP contribution in [0.5, 0.6) is 5.75 Å². The van der Waals surface area contributed by atoms with Crippen molar-refractivity contribution in [2.75, 3.05) is 13.7 Å². The normalized spacial score (nSPS) is 11.6. The number of hydrogen-bond donors (Lipinski definition) is 0. The number of hydrogen-bond acceptors (Lipinski definition) is 4. The molecule has 0 radical (unpaired) electrons. The van der Waals surface area contributed by atoms with Crippen molar-refractivity contribution in [2.45, 2.75) is 25.9 Å². The molecule has 0 unspecified atom stereocenters. The molecule has 0 spiro atoms. The predicted molar refractivity (Wildman–Crippen MR) is 61.1 cm³/mol. The maximum atomic E-state index is 12.9. The first-order valence-corrected chi connectivity index (χ1v) is 5.79. The summed E-state index contributed by atoms with van der Waals surface area (Å²) in [4.78, 5) is 14.7. The van der Waals surface area contributed by atoms with Gasteiger partial charge in [-0.15, -0.1) is 0 Å². The fraction of sp³-hybridized carbons (Fsp3) is 0.500. The highest BCUT2D eigenvalue weighted by atomic mass is 19.4. The van der Waals surface area contributed by atoms with E-state index >= 15 is 0 Å². The van der Waals surface area contributed by atoms with Crippen LogP contribution < -0.4 is 4.74 Å². The van der Waals surface area contributed by atoms with Crippen molar-refractivity contribution in [2.24, 2.45) is 0 Å². The number of pyridine rings is 1. The minimum atomic E-state index is -5.01. The summed E-state index contributed by atoms with van der Waals surface area (Å²) >= 11 is 0. The van der Waals surface area contributed by atoms with Crippen LogP contribution in [0.1, 0.15) is 30.2 Å². The van der Waals surface area contributed by atoms with Crippen molar-refractivity contribution in [3.8, 4) is 5.75 Å². The van der Waals surface area contributed by atoms with Crippen LogP contribution in [-0.4, -0.2) is 24.7 Å². The van der Waals surface area contributed by atoms with Crippen molar-refractivity contribution in [3.05, 3.63) is 23.0 Å². The Bertz CT molecular complexity index is 516. The maximum absolute atomic E-state index is 12.9. The first-order chi connectivity index (χ1) is 9.72. The summed E-state index contributed by atoms with van der Waals surface area (Å²) in [5.41, 5.74) is -3.26. The molecule has 0 bridgehead atoms. The molecule has 1 rings (SSSR count). The van der Waals surface area contributed by atoms with Gasteiger partial charge in [0.05, 0.1) is 37.0 Å². The van der Waals surface area contributed by atoms with E-state index < -0.39 is 41.9 Å². The van der Waals surface area contributed by atoms with Crippen LogP contribution >= 0.6 is 0 Å². The number of aromatic nitrogens is 1. The summed E-state index contributed by atoms with van der Waals surface area (Å²) < 4.78 is 73.3. The van der Waals surface area contributed by atoms with E-state index in [4.69, 9.17) is 0 Å². The standard InChI is InChI=1S/C12H12F5NO3/c1-3-21-8(19)4-7-10(20-2)9(11(13)14)6(5-18-7)12(15,16)17/h5,11H,3-4H2,1-2H3. The smallest absolute Gasteiger partial charge is 0.418 e. The molecule has 4 nitrogen and oxygen atoms in total. The van der Waals surface area contributed by atoms with Crippen LogP contribution in [0.2, 0.25) is 0 Å². The molecule has 0 saturated carbocycles. The second kappa shape index (κ2) is 6.68. The zero-order valence-corrected chi connectivity index (χ0v) is 11.1. The van der Waals surface area contributed by atoms with Gasteiger partial charge < -0.3 is 9.47 Å². The summed E-state index contributed by atoms with van der Waals surface area (Å²) in [5, 5.41) is 0.